The van der Waals surface area contributed by atoms with Crippen LogP contribution in [0.5, 0.6) is 0 Å². The van der Waals surface area contributed by atoms with E-state index in [0.29, 0.717) is 24.5 Å². The molecule has 0 bridgehead atoms. The molecule has 1 aliphatic carbocycles. The Balaban J connectivity index is 1.55. The average molecular weight is 532 g/mol. The lowest BCUT2D eigenvalue weighted by Gasteiger charge is -2.33. The van der Waals surface area contributed by atoms with Crippen LogP contribution in [0.1, 0.15) is 52.7 Å². The van der Waals surface area contributed by atoms with Crippen LogP contribution in [0.25, 0.3) is 0 Å². The van der Waals surface area contributed by atoms with Gasteiger partial charge in [-0.2, -0.15) is 26.3 Å². The molecule has 0 heterocycles. The number of benzene rings is 2. The van der Waals surface area contributed by atoms with E-state index in [1.807, 2.05) is 0 Å². The fraction of sp³-hybridized carbons (Fsp3) is 0.375. The van der Waals surface area contributed by atoms with E-state index < -0.39 is 41.8 Å². The van der Waals surface area contributed by atoms with Crippen LogP contribution in [0.4, 0.5) is 26.3 Å². The fourth-order valence-corrected chi connectivity index (χ4v) is 4.18. The number of rotatable bonds is 6. The van der Waals surface area contributed by atoms with Crippen LogP contribution in [-0.2, 0) is 17.1 Å². The van der Waals surface area contributed by atoms with Gasteiger partial charge in [-0.05, 0) is 43.2 Å². The molecule has 0 unspecified atom stereocenters. The molecule has 1 fully saturated rings. The van der Waals surface area contributed by atoms with Crippen molar-refractivity contribution in [3.8, 4) is 0 Å². The predicted molar refractivity (Wildman–Crippen MR) is 124 cm³/mol. The molecule has 0 spiro atoms. The summed E-state index contributed by atoms with van der Waals surface area (Å²) in [4.78, 5) is 24.9. The number of thiocarbonyl (C=S) groups is 1. The molecule has 2 atom stereocenters. The Morgan fingerprint density at radius 1 is 0.806 bits per heavy atom. The maximum atomic E-state index is 12.9. The van der Waals surface area contributed by atoms with Crippen molar-refractivity contribution in [3.05, 3.63) is 70.8 Å². The van der Waals surface area contributed by atoms with Crippen LogP contribution in [0.2, 0.25) is 0 Å². The summed E-state index contributed by atoms with van der Waals surface area (Å²) in [6.07, 6.45) is -6.11. The van der Waals surface area contributed by atoms with E-state index in [-0.39, 0.29) is 22.6 Å². The van der Waals surface area contributed by atoms with Crippen molar-refractivity contribution in [1.82, 2.24) is 16.0 Å². The second-order valence-corrected chi connectivity index (χ2v) is 8.78. The third-order valence-electron chi connectivity index (χ3n) is 5.76. The highest BCUT2D eigenvalue weighted by Gasteiger charge is 2.32. The minimum absolute atomic E-state index is 0.225. The Hall–Kier alpha value is -3.15. The largest absolute Gasteiger partial charge is 0.416 e. The van der Waals surface area contributed by atoms with Crippen molar-refractivity contribution in [2.24, 2.45) is 0 Å². The van der Waals surface area contributed by atoms with Gasteiger partial charge in [-0.25, -0.2) is 0 Å². The van der Waals surface area contributed by atoms with Crippen LogP contribution in [-0.4, -0.2) is 35.4 Å². The van der Waals surface area contributed by atoms with E-state index in [2.05, 4.69) is 16.0 Å². The first-order valence-corrected chi connectivity index (χ1v) is 11.5. The summed E-state index contributed by atoms with van der Waals surface area (Å²) < 4.78 is 76.9. The number of alkyl halides is 6. The Bertz CT molecular complexity index is 1100. The number of carbonyl (C=O) groups is 2. The number of amides is 2. The van der Waals surface area contributed by atoms with Gasteiger partial charge in [-0.1, -0.05) is 43.3 Å². The molecule has 0 aromatic heterocycles. The second-order valence-electron chi connectivity index (χ2n) is 8.37. The van der Waals surface area contributed by atoms with Crippen LogP contribution in [0, 0.1) is 0 Å². The SMILES string of the molecule is O=C(CNC(=O)c1cccc(C(F)(F)F)c1)N[C@H]1CCCC[C@H]1NC(=S)c1ccc(C(F)(F)F)cc1. The number of nitrogens with one attached hydrogen (secondary N) is 3. The molecule has 3 rings (SSSR count). The monoisotopic (exact) mass is 531 g/mol. The van der Waals surface area contributed by atoms with E-state index in [0.717, 1.165) is 37.1 Å². The first-order valence-electron chi connectivity index (χ1n) is 11.1. The molecule has 36 heavy (non-hydrogen) atoms. The van der Waals surface area contributed by atoms with E-state index in [1.54, 1.807) is 0 Å². The highest BCUT2D eigenvalue weighted by atomic mass is 32.1. The van der Waals surface area contributed by atoms with Gasteiger partial charge in [0, 0.05) is 23.2 Å². The molecule has 194 valence electrons. The molecule has 0 saturated heterocycles. The molecule has 1 saturated carbocycles. The van der Waals surface area contributed by atoms with Gasteiger partial charge in [0.1, 0.15) is 4.99 Å². The lowest BCUT2D eigenvalue weighted by Crippen LogP contribution is -2.54. The molecule has 5 nitrogen and oxygen atoms in total. The van der Waals surface area contributed by atoms with Crippen molar-refractivity contribution in [3.63, 3.8) is 0 Å². The van der Waals surface area contributed by atoms with Crippen molar-refractivity contribution < 1.29 is 35.9 Å². The smallest absolute Gasteiger partial charge is 0.371 e. The van der Waals surface area contributed by atoms with Crippen LogP contribution in [0.3, 0.4) is 0 Å². The summed E-state index contributed by atoms with van der Waals surface area (Å²) >= 11 is 5.34. The van der Waals surface area contributed by atoms with Crippen molar-refractivity contribution >= 4 is 29.0 Å². The third kappa shape index (κ3) is 7.42. The lowest BCUT2D eigenvalue weighted by molar-refractivity contribution is -0.138. The average Bonchev–Trinajstić information content (AvgIpc) is 2.83. The Labute approximate surface area is 208 Å². The predicted octanol–water partition coefficient (Wildman–Crippen LogP) is 4.85. The summed E-state index contributed by atoms with van der Waals surface area (Å²) in [5.74, 6) is -1.35. The van der Waals surface area contributed by atoms with E-state index in [4.69, 9.17) is 12.2 Å². The minimum atomic E-state index is -4.60. The Kier molecular flexibility index (Phi) is 8.59. The van der Waals surface area contributed by atoms with Gasteiger partial charge in [-0.15, -0.1) is 0 Å². The zero-order valence-corrected chi connectivity index (χ0v) is 19.6. The summed E-state index contributed by atoms with van der Waals surface area (Å²) in [5.41, 5.74) is -1.58. The first-order chi connectivity index (χ1) is 16.8. The van der Waals surface area contributed by atoms with Crippen molar-refractivity contribution in [1.29, 1.82) is 0 Å². The number of halogens is 6. The number of hydrogen-bond donors (Lipinski definition) is 3. The van der Waals surface area contributed by atoms with Crippen LogP contribution < -0.4 is 16.0 Å². The summed E-state index contributed by atoms with van der Waals surface area (Å²) in [7, 11) is 0. The molecule has 2 aromatic carbocycles. The molecule has 0 radical (unpaired) electrons. The normalized spacial score (nSPS) is 18.3. The van der Waals surface area contributed by atoms with Crippen LogP contribution >= 0.6 is 12.2 Å². The number of carbonyl (C=O) groups excluding carboxylic acids is 2. The summed E-state index contributed by atoms with van der Waals surface area (Å²) in [6.45, 7) is -0.443. The molecule has 2 aromatic rings. The molecule has 12 heteroatoms. The molecule has 2 amide bonds. The van der Waals surface area contributed by atoms with Gasteiger partial charge in [-0.3, -0.25) is 9.59 Å². The zero-order chi connectivity index (χ0) is 26.5. The number of hydrogen-bond acceptors (Lipinski definition) is 3. The van der Waals surface area contributed by atoms with Gasteiger partial charge in [0.2, 0.25) is 5.91 Å². The highest BCUT2D eigenvalue weighted by Crippen LogP contribution is 2.30. The fourth-order valence-electron chi connectivity index (χ4n) is 3.90. The van der Waals surface area contributed by atoms with E-state index in [9.17, 15) is 35.9 Å². The quantitative estimate of drug-likeness (QED) is 0.369. The lowest BCUT2D eigenvalue weighted by atomic mass is 9.90. The maximum Gasteiger partial charge on any atom is 0.416 e. The molecule has 1 aliphatic rings. The van der Waals surface area contributed by atoms with E-state index in [1.165, 1.54) is 18.2 Å². The van der Waals surface area contributed by atoms with Gasteiger partial charge < -0.3 is 16.0 Å². The standard InChI is InChI=1S/C24H23F6N3O2S/c25-23(26,27)16-10-8-14(9-11-16)22(36)33-19-7-2-1-6-18(19)32-20(34)13-31-21(35)15-4-3-5-17(12-15)24(28,29)30/h3-5,8-12,18-19H,1-2,6-7,13H2,(H,31,35)(H,32,34)(H,33,36)/t18-,19+/m0/s1. The zero-order valence-electron chi connectivity index (χ0n) is 18.8. The Morgan fingerprint density at radius 3 is 1.97 bits per heavy atom. The van der Waals surface area contributed by atoms with Crippen molar-refractivity contribution in [2.45, 2.75) is 50.1 Å². The van der Waals surface area contributed by atoms with Gasteiger partial charge in [0.25, 0.3) is 5.91 Å². The molecular weight excluding hydrogens is 508 g/mol. The molecule has 0 aliphatic heterocycles. The van der Waals surface area contributed by atoms with Gasteiger partial charge in [0.15, 0.2) is 0 Å². The first kappa shape index (κ1) is 27.4. The molecular formula is C24H23F6N3O2S. The maximum absolute atomic E-state index is 12.9. The minimum Gasteiger partial charge on any atom is -0.371 e. The summed E-state index contributed by atoms with van der Waals surface area (Å²) in [6, 6.07) is 7.66. The topological polar surface area (TPSA) is 70.2 Å². The summed E-state index contributed by atoms with van der Waals surface area (Å²) in [5, 5.41) is 8.20. The second kappa shape index (κ2) is 11.3. The highest BCUT2D eigenvalue weighted by molar-refractivity contribution is 7.80. The van der Waals surface area contributed by atoms with Crippen LogP contribution in [0.15, 0.2) is 48.5 Å². The van der Waals surface area contributed by atoms with Crippen molar-refractivity contribution in [2.75, 3.05) is 6.54 Å². The Morgan fingerprint density at radius 2 is 1.39 bits per heavy atom. The molecule has 3 N–H and O–H groups in total. The third-order valence-corrected chi connectivity index (χ3v) is 6.12. The van der Waals surface area contributed by atoms with Gasteiger partial charge >= 0.3 is 12.4 Å². The van der Waals surface area contributed by atoms with E-state index >= 15 is 0 Å². The van der Waals surface area contributed by atoms with Gasteiger partial charge in [0.05, 0.1) is 17.7 Å².